The molecule has 0 radical (unpaired) electrons. The van der Waals surface area contributed by atoms with Crippen LogP contribution in [0.15, 0.2) is 54.7 Å². The standard InChI is InChI=1S/C24H23FN2O3.H2/c1-2-16-5-6-17(14-20(16)28)23(29)26-12-9-24(10-13-26)22-4-3-11-27(22)19-8-7-18(25)15-21(19)30-24;/h3-8,11,14-15,28H,2,9-10,12-13H2,1H3;1H. The number of carbonyl (C=O) groups excluding carboxylic acids is 1. The van der Waals surface area contributed by atoms with E-state index in [2.05, 4.69) is 4.57 Å². The number of likely N-dealkylation sites (tertiary alicyclic amines) is 1. The Hall–Kier alpha value is -3.28. The van der Waals surface area contributed by atoms with E-state index >= 15 is 0 Å². The molecule has 1 spiro atoms. The van der Waals surface area contributed by atoms with Crippen LogP contribution in [0, 0.1) is 5.82 Å². The Bertz CT molecular complexity index is 1140. The lowest BCUT2D eigenvalue weighted by molar-refractivity contribution is -0.00951. The van der Waals surface area contributed by atoms with Crippen molar-refractivity contribution in [1.29, 1.82) is 0 Å². The maximum absolute atomic E-state index is 13.8. The van der Waals surface area contributed by atoms with E-state index in [1.165, 1.54) is 12.1 Å². The van der Waals surface area contributed by atoms with Crippen molar-refractivity contribution in [2.24, 2.45) is 0 Å². The van der Waals surface area contributed by atoms with Crippen molar-refractivity contribution in [2.75, 3.05) is 13.1 Å². The number of fused-ring (bicyclic) bond motifs is 4. The minimum atomic E-state index is -0.588. The molecular formula is C24H25FN2O3. The molecule has 0 unspecified atom stereocenters. The molecule has 1 N–H and O–H groups in total. The third-order valence-corrected chi connectivity index (χ3v) is 6.27. The van der Waals surface area contributed by atoms with Gasteiger partial charge in [0.1, 0.15) is 17.3 Å². The Kier molecular flexibility index (Phi) is 4.31. The molecule has 0 saturated carbocycles. The van der Waals surface area contributed by atoms with Gasteiger partial charge < -0.3 is 19.3 Å². The van der Waals surface area contributed by atoms with E-state index in [-0.39, 0.29) is 18.9 Å². The highest BCUT2D eigenvalue weighted by Crippen LogP contribution is 2.45. The number of nitrogens with zero attached hydrogens (tertiary/aromatic N) is 2. The molecular weight excluding hydrogens is 383 g/mol. The second-order valence-corrected chi connectivity index (χ2v) is 7.96. The summed E-state index contributed by atoms with van der Waals surface area (Å²) in [5.41, 5.74) is 2.58. The minimum Gasteiger partial charge on any atom is -0.508 e. The van der Waals surface area contributed by atoms with Crippen molar-refractivity contribution >= 4 is 5.91 Å². The monoisotopic (exact) mass is 408 g/mol. The van der Waals surface area contributed by atoms with Crippen LogP contribution in [0.3, 0.4) is 0 Å². The third-order valence-electron chi connectivity index (χ3n) is 6.27. The van der Waals surface area contributed by atoms with Gasteiger partial charge in [0.15, 0.2) is 5.60 Å². The van der Waals surface area contributed by atoms with Gasteiger partial charge in [0, 0.05) is 45.2 Å². The molecule has 5 rings (SSSR count). The van der Waals surface area contributed by atoms with Crippen molar-refractivity contribution in [1.82, 2.24) is 9.47 Å². The molecule has 2 aliphatic rings. The molecule has 5 nitrogen and oxygen atoms in total. The molecule has 1 amide bonds. The van der Waals surface area contributed by atoms with Crippen molar-refractivity contribution in [3.63, 3.8) is 0 Å². The first-order chi connectivity index (χ1) is 14.5. The highest BCUT2D eigenvalue weighted by Gasteiger charge is 2.44. The third kappa shape index (κ3) is 2.86. The molecule has 1 saturated heterocycles. The first kappa shape index (κ1) is 18.7. The number of phenolic OH excluding ortho intramolecular Hbond substituents is 1. The molecule has 0 aliphatic carbocycles. The molecule has 0 bridgehead atoms. The summed E-state index contributed by atoms with van der Waals surface area (Å²) >= 11 is 0. The van der Waals surface area contributed by atoms with Gasteiger partial charge in [0.2, 0.25) is 0 Å². The lowest BCUT2D eigenvalue weighted by Crippen LogP contribution is -2.50. The topological polar surface area (TPSA) is 54.7 Å². The number of benzene rings is 2. The van der Waals surface area contributed by atoms with Gasteiger partial charge in [-0.25, -0.2) is 4.39 Å². The normalized spacial score (nSPS) is 16.7. The van der Waals surface area contributed by atoms with Crippen LogP contribution in [0.5, 0.6) is 11.5 Å². The second-order valence-electron chi connectivity index (χ2n) is 7.96. The van der Waals surface area contributed by atoms with Crippen LogP contribution in [0.4, 0.5) is 4.39 Å². The van der Waals surface area contributed by atoms with Crippen LogP contribution in [0.1, 0.15) is 42.8 Å². The van der Waals surface area contributed by atoms with Gasteiger partial charge >= 0.3 is 0 Å². The van der Waals surface area contributed by atoms with Crippen molar-refractivity contribution in [2.45, 2.75) is 31.8 Å². The predicted octanol–water partition coefficient (Wildman–Crippen LogP) is 4.65. The highest BCUT2D eigenvalue weighted by atomic mass is 19.1. The summed E-state index contributed by atoms with van der Waals surface area (Å²) in [6.45, 7) is 3.00. The summed E-state index contributed by atoms with van der Waals surface area (Å²) in [6, 6.07) is 13.7. The maximum Gasteiger partial charge on any atom is 0.253 e. The fraction of sp³-hybridized carbons (Fsp3) is 0.292. The first-order valence-electron chi connectivity index (χ1n) is 10.3. The summed E-state index contributed by atoms with van der Waals surface area (Å²) in [5, 5.41) is 10.1. The first-order valence-corrected chi connectivity index (χ1v) is 10.3. The maximum atomic E-state index is 13.8. The highest BCUT2D eigenvalue weighted by molar-refractivity contribution is 5.94. The van der Waals surface area contributed by atoms with Gasteiger partial charge in [-0.15, -0.1) is 0 Å². The summed E-state index contributed by atoms with van der Waals surface area (Å²) in [4.78, 5) is 14.8. The number of hydrogen-bond donors (Lipinski definition) is 1. The predicted molar refractivity (Wildman–Crippen MR) is 113 cm³/mol. The van der Waals surface area contributed by atoms with E-state index in [0.717, 1.165) is 16.9 Å². The zero-order valence-electron chi connectivity index (χ0n) is 16.8. The lowest BCUT2D eigenvalue weighted by Gasteiger charge is -2.45. The van der Waals surface area contributed by atoms with E-state index in [0.29, 0.717) is 43.7 Å². The molecule has 30 heavy (non-hydrogen) atoms. The van der Waals surface area contributed by atoms with Crippen LogP contribution in [0.2, 0.25) is 0 Å². The van der Waals surface area contributed by atoms with Gasteiger partial charge in [-0.05, 0) is 48.4 Å². The molecule has 3 heterocycles. The average Bonchev–Trinajstić information content (AvgIpc) is 3.25. The fourth-order valence-electron chi connectivity index (χ4n) is 4.60. The number of piperidine rings is 1. The van der Waals surface area contributed by atoms with Crippen molar-refractivity contribution in [3.8, 4) is 17.2 Å². The van der Waals surface area contributed by atoms with Crippen LogP contribution in [-0.4, -0.2) is 33.6 Å². The summed E-state index contributed by atoms with van der Waals surface area (Å²) in [5.74, 6) is 0.255. The van der Waals surface area contributed by atoms with E-state index in [4.69, 9.17) is 4.74 Å². The molecule has 6 heteroatoms. The Morgan fingerprint density at radius 2 is 2.00 bits per heavy atom. The molecule has 3 aromatic rings. The van der Waals surface area contributed by atoms with E-state index in [1.54, 1.807) is 29.2 Å². The summed E-state index contributed by atoms with van der Waals surface area (Å²) in [7, 11) is 0. The number of phenols is 1. The number of aryl methyl sites for hydroxylation is 1. The van der Waals surface area contributed by atoms with E-state index < -0.39 is 5.60 Å². The lowest BCUT2D eigenvalue weighted by atomic mass is 9.86. The molecule has 1 aromatic heterocycles. The van der Waals surface area contributed by atoms with Gasteiger partial charge in [-0.3, -0.25) is 4.79 Å². The van der Waals surface area contributed by atoms with Gasteiger partial charge in [-0.2, -0.15) is 0 Å². The van der Waals surface area contributed by atoms with Gasteiger partial charge in [0.05, 0.1) is 11.4 Å². The number of amides is 1. The second kappa shape index (κ2) is 6.90. The number of halogens is 1. The molecule has 156 valence electrons. The van der Waals surface area contributed by atoms with E-state index in [1.807, 2.05) is 25.3 Å². The molecule has 1 fully saturated rings. The minimum absolute atomic E-state index is 0. The number of rotatable bonds is 2. The number of hydrogen-bond acceptors (Lipinski definition) is 3. The SMILES string of the molecule is CCc1ccc(C(=O)N2CCC3(CC2)Oc2cc(F)ccc2-n2cccc23)cc1O.[HH]. The Morgan fingerprint density at radius 1 is 1.20 bits per heavy atom. The zero-order chi connectivity index (χ0) is 20.9. The van der Waals surface area contributed by atoms with Gasteiger partial charge in [-0.1, -0.05) is 13.0 Å². The van der Waals surface area contributed by atoms with Crippen molar-refractivity contribution < 1.29 is 20.5 Å². The van der Waals surface area contributed by atoms with Crippen LogP contribution in [-0.2, 0) is 12.0 Å². The summed E-state index contributed by atoms with van der Waals surface area (Å²) < 4.78 is 22.3. The smallest absolute Gasteiger partial charge is 0.253 e. The number of aromatic nitrogens is 1. The summed E-state index contributed by atoms with van der Waals surface area (Å²) in [6.07, 6.45) is 3.90. The average molecular weight is 408 g/mol. The van der Waals surface area contributed by atoms with Crippen molar-refractivity contribution in [3.05, 3.63) is 77.4 Å². The Balaban J connectivity index is 0.00000231. The van der Waals surface area contributed by atoms with Crippen LogP contribution in [0.25, 0.3) is 5.69 Å². The number of ether oxygens (including phenoxy) is 1. The zero-order valence-corrected chi connectivity index (χ0v) is 16.8. The number of carbonyl (C=O) groups is 1. The Morgan fingerprint density at radius 3 is 2.73 bits per heavy atom. The fourth-order valence-corrected chi connectivity index (χ4v) is 4.60. The largest absolute Gasteiger partial charge is 0.508 e. The number of aromatic hydroxyl groups is 1. The van der Waals surface area contributed by atoms with Crippen LogP contribution < -0.4 is 4.74 Å². The Labute approximate surface area is 175 Å². The molecule has 0 atom stereocenters. The molecule has 2 aromatic carbocycles. The molecule has 2 aliphatic heterocycles. The van der Waals surface area contributed by atoms with E-state index in [9.17, 15) is 14.3 Å². The van der Waals surface area contributed by atoms with Gasteiger partial charge in [0.25, 0.3) is 5.91 Å². The van der Waals surface area contributed by atoms with Crippen LogP contribution >= 0.6 is 0 Å². The quantitative estimate of drug-likeness (QED) is 0.671.